The average molecular weight is 689 g/mol. The van der Waals surface area contributed by atoms with Crippen molar-refractivity contribution in [1.29, 1.82) is 0 Å². The Bertz CT molecular complexity index is 1450. The smallest absolute Gasteiger partial charge is 0.353 e. The Morgan fingerprint density at radius 2 is 1.89 bits per heavy atom. The molecule has 2 amide bonds. The molecule has 1 aromatic carbocycles. The van der Waals surface area contributed by atoms with E-state index in [1.165, 1.54) is 16.5 Å². The fourth-order valence-electron chi connectivity index (χ4n) is 4.67. The van der Waals surface area contributed by atoms with Crippen LogP contribution in [0.25, 0.3) is 6.08 Å². The minimum atomic E-state index is -1.78. The third kappa shape index (κ3) is 9.58. The van der Waals surface area contributed by atoms with Crippen LogP contribution in [-0.4, -0.2) is 91.8 Å². The minimum absolute atomic E-state index is 0.0431. The van der Waals surface area contributed by atoms with Crippen LogP contribution in [0, 0.1) is 0 Å². The van der Waals surface area contributed by atoms with Crippen molar-refractivity contribution in [2.45, 2.75) is 55.5 Å². The SMILES string of the molecule is CC(C)(C)OC(=O)C=Cc1cc(Cl)c(SCC(=O)N[C@H]2[C@H]3CCC(C=CC[N+](C)(C)CC(N)=O)=C(C(=O)O)N3S2=O)cc1Cl. The number of carbonyl (C=O) groups excluding carboxylic acids is 3. The molecule has 11 nitrogen and oxygen atoms in total. The van der Waals surface area contributed by atoms with Crippen molar-refractivity contribution >= 4 is 75.8 Å². The fraction of sp³-hybridized carbons (Fsp3) is 0.448. The Morgan fingerprint density at radius 3 is 2.50 bits per heavy atom. The number of nitrogens with two attached hydrogens (primary N) is 1. The summed E-state index contributed by atoms with van der Waals surface area (Å²) in [6, 6.07) is 2.74. The molecule has 1 fully saturated rings. The van der Waals surface area contributed by atoms with E-state index >= 15 is 0 Å². The molecule has 1 unspecified atom stereocenters. The normalized spacial score (nSPS) is 20.4. The highest BCUT2D eigenvalue weighted by atomic mass is 35.5. The number of carboxylic acid groups (broad SMARTS) is 1. The monoisotopic (exact) mass is 687 g/mol. The van der Waals surface area contributed by atoms with E-state index in [0.29, 0.717) is 49.9 Å². The number of nitrogens with zero attached hydrogens (tertiary/aromatic N) is 2. The van der Waals surface area contributed by atoms with E-state index in [9.17, 15) is 28.5 Å². The van der Waals surface area contributed by atoms with Gasteiger partial charge in [0.1, 0.15) is 27.7 Å². The second kappa shape index (κ2) is 14.5. The Morgan fingerprint density at radius 1 is 1.20 bits per heavy atom. The zero-order valence-corrected chi connectivity index (χ0v) is 28.2. The van der Waals surface area contributed by atoms with Gasteiger partial charge >= 0.3 is 11.9 Å². The molecule has 240 valence electrons. The molecule has 2 aliphatic rings. The maximum absolute atomic E-state index is 13.1. The molecule has 0 saturated carbocycles. The van der Waals surface area contributed by atoms with Crippen molar-refractivity contribution in [3.8, 4) is 0 Å². The minimum Gasteiger partial charge on any atom is -0.477 e. The molecule has 15 heteroatoms. The Hall–Kier alpha value is -2.84. The fourth-order valence-corrected chi connectivity index (χ4v) is 7.74. The van der Waals surface area contributed by atoms with E-state index in [1.54, 1.807) is 45.1 Å². The van der Waals surface area contributed by atoms with Crippen LogP contribution < -0.4 is 11.1 Å². The number of benzene rings is 1. The molecular formula is C29H37Cl2N4O7S2+. The van der Waals surface area contributed by atoms with Crippen molar-refractivity contribution in [3.63, 3.8) is 0 Å². The van der Waals surface area contributed by atoms with Gasteiger partial charge in [-0.05, 0) is 69.0 Å². The molecule has 1 aromatic rings. The third-order valence-corrected chi connectivity index (χ3v) is 10.0. The number of amides is 2. The molecule has 2 aliphatic heterocycles. The molecule has 0 spiro atoms. The first-order chi connectivity index (χ1) is 20.4. The van der Waals surface area contributed by atoms with Gasteiger partial charge in [-0.1, -0.05) is 29.3 Å². The van der Waals surface area contributed by atoms with Gasteiger partial charge in [0, 0.05) is 16.0 Å². The number of allylic oxidation sites excluding steroid dienone is 2. The number of hydrogen-bond donors (Lipinski definition) is 3. The van der Waals surface area contributed by atoms with Gasteiger partial charge in [-0.15, -0.1) is 11.8 Å². The second-order valence-electron chi connectivity index (χ2n) is 12.0. The molecule has 0 radical (unpaired) electrons. The molecule has 4 N–H and O–H groups in total. The zero-order valence-electron chi connectivity index (χ0n) is 25.1. The molecule has 3 atom stereocenters. The topological polar surface area (TPSA) is 156 Å². The predicted octanol–water partition coefficient (Wildman–Crippen LogP) is 3.48. The van der Waals surface area contributed by atoms with Crippen LogP contribution in [0.4, 0.5) is 0 Å². The van der Waals surface area contributed by atoms with Gasteiger partial charge in [-0.25, -0.2) is 13.8 Å². The van der Waals surface area contributed by atoms with Crippen molar-refractivity contribution < 1.29 is 37.7 Å². The van der Waals surface area contributed by atoms with E-state index in [-0.39, 0.29) is 18.0 Å². The molecule has 1 saturated heterocycles. The Labute approximate surface area is 273 Å². The largest absolute Gasteiger partial charge is 0.477 e. The molecular weight excluding hydrogens is 651 g/mol. The summed E-state index contributed by atoms with van der Waals surface area (Å²) in [6.45, 7) is 5.86. The van der Waals surface area contributed by atoms with Crippen LogP contribution in [-0.2, 0) is 34.9 Å². The highest BCUT2D eigenvalue weighted by Crippen LogP contribution is 2.40. The van der Waals surface area contributed by atoms with Crippen LogP contribution in [0.3, 0.4) is 0 Å². The summed E-state index contributed by atoms with van der Waals surface area (Å²) in [6.07, 6.45) is 7.14. The number of rotatable bonds is 12. The number of halogens is 2. The maximum Gasteiger partial charge on any atom is 0.353 e. The number of hydrogen-bond acceptors (Lipinski definition) is 7. The lowest BCUT2D eigenvalue weighted by Gasteiger charge is -2.50. The van der Waals surface area contributed by atoms with E-state index in [0.717, 1.165) is 11.8 Å². The van der Waals surface area contributed by atoms with E-state index in [1.807, 2.05) is 14.1 Å². The lowest BCUT2D eigenvalue weighted by molar-refractivity contribution is -0.876. The van der Waals surface area contributed by atoms with Gasteiger partial charge in [-0.3, -0.25) is 13.9 Å². The highest BCUT2D eigenvalue weighted by molar-refractivity contribution is 8.00. The predicted molar refractivity (Wildman–Crippen MR) is 172 cm³/mol. The molecule has 3 rings (SSSR count). The number of ether oxygens (including phenoxy) is 1. The van der Waals surface area contributed by atoms with Gasteiger partial charge in [0.2, 0.25) is 5.91 Å². The molecule has 0 aromatic heterocycles. The van der Waals surface area contributed by atoms with Crippen molar-refractivity contribution in [1.82, 2.24) is 9.62 Å². The van der Waals surface area contributed by atoms with Crippen molar-refractivity contribution in [3.05, 3.63) is 57.2 Å². The number of aliphatic carboxylic acids is 1. The van der Waals surface area contributed by atoms with Gasteiger partial charge in [0.25, 0.3) is 5.91 Å². The van der Waals surface area contributed by atoms with Gasteiger partial charge < -0.3 is 25.4 Å². The van der Waals surface area contributed by atoms with Gasteiger partial charge in [0.05, 0.1) is 37.5 Å². The van der Waals surface area contributed by atoms with Gasteiger partial charge in [0.15, 0.2) is 6.54 Å². The van der Waals surface area contributed by atoms with E-state index < -0.39 is 51.8 Å². The standard InChI is InChI=1S/C29H36Cl2N4O7S2/c1-29(2,3)42-25(38)11-9-18-13-20(31)22(14-19(18)30)43-16-24(37)33-27-21-10-8-17(26(28(39)40)34(21)44(27)41)7-6-12-35(4,5)15-23(32)36/h6-7,9,11,13-14,21,27H,8,10,12,15-16H2,1-5H3,(H3-,32,33,36,37,39,40)/p+1/t21-,27-,44?/m1/s1. The van der Waals surface area contributed by atoms with Gasteiger partial charge in [-0.2, -0.15) is 0 Å². The number of nitrogens with one attached hydrogen (secondary N) is 1. The lowest BCUT2D eigenvalue weighted by Crippen LogP contribution is -2.68. The molecule has 0 bridgehead atoms. The van der Waals surface area contributed by atoms with Crippen LogP contribution >= 0.6 is 35.0 Å². The number of carboxylic acids is 1. The van der Waals surface area contributed by atoms with Crippen LogP contribution in [0.5, 0.6) is 0 Å². The first kappa shape index (κ1) is 35.6. The summed E-state index contributed by atoms with van der Waals surface area (Å²) in [5.74, 6) is -2.60. The molecule has 44 heavy (non-hydrogen) atoms. The first-order valence-electron chi connectivity index (χ1n) is 13.6. The Kier molecular flexibility index (Phi) is 11.7. The van der Waals surface area contributed by atoms with Crippen LogP contribution in [0.2, 0.25) is 10.0 Å². The number of esters is 1. The second-order valence-corrected chi connectivity index (χ2v) is 15.3. The molecule has 0 aliphatic carbocycles. The van der Waals surface area contributed by atoms with E-state index in [4.69, 9.17) is 33.7 Å². The Balaban J connectivity index is 1.61. The quantitative estimate of drug-likeness (QED) is 0.131. The van der Waals surface area contributed by atoms with Crippen LogP contribution in [0.1, 0.15) is 39.2 Å². The number of quaternary nitrogens is 1. The highest BCUT2D eigenvalue weighted by Gasteiger charge is 2.52. The number of thioether (sulfide) groups is 1. The summed E-state index contributed by atoms with van der Waals surface area (Å²) < 4.78 is 20.0. The number of primary amides is 1. The van der Waals surface area contributed by atoms with Crippen molar-refractivity contribution in [2.24, 2.45) is 5.73 Å². The molecule has 2 heterocycles. The van der Waals surface area contributed by atoms with E-state index in [2.05, 4.69) is 5.32 Å². The summed E-state index contributed by atoms with van der Waals surface area (Å²) in [5, 5.41) is 12.6. The number of likely N-dealkylation sites (N-methyl/N-ethyl adjacent to an activating group) is 1. The average Bonchev–Trinajstić information content (AvgIpc) is 2.88. The number of carbonyl (C=O) groups is 4. The van der Waals surface area contributed by atoms with Crippen molar-refractivity contribution in [2.75, 3.05) is 32.9 Å². The third-order valence-electron chi connectivity index (χ3n) is 6.52. The summed E-state index contributed by atoms with van der Waals surface area (Å²) in [5.41, 5.74) is 5.63. The first-order valence-corrected chi connectivity index (χ1v) is 16.5. The lowest BCUT2D eigenvalue weighted by atomic mass is 9.96. The number of fused-ring (bicyclic) bond motifs is 1. The summed E-state index contributed by atoms with van der Waals surface area (Å²) in [7, 11) is 1.88. The summed E-state index contributed by atoms with van der Waals surface area (Å²) in [4.78, 5) is 48.7. The van der Waals surface area contributed by atoms with Crippen LogP contribution in [0.15, 0.2) is 46.5 Å². The zero-order chi connectivity index (χ0) is 33.0. The maximum atomic E-state index is 13.1. The summed E-state index contributed by atoms with van der Waals surface area (Å²) >= 11 is 13.9.